The van der Waals surface area contributed by atoms with Gasteiger partial charge in [0.25, 0.3) is 0 Å². The molecular weight excluding hydrogens is 320 g/mol. The Morgan fingerprint density at radius 2 is 2.00 bits per heavy atom. The Kier molecular flexibility index (Phi) is 4.22. The molecule has 1 amide bonds. The van der Waals surface area contributed by atoms with Crippen molar-refractivity contribution in [1.82, 2.24) is 9.47 Å². The number of carboxylic acids is 1. The van der Waals surface area contributed by atoms with Crippen LogP contribution in [0.2, 0.25) is 0 Å². The standard InChI is InChI=1S/C19H24N2O4/c1-12-5-6-15-13(9-12)14-10-20(18(24)25-19(2,3)4)8-7-16(14)21(15)11-17(22)23/h5-6,9H,7-8,10-11H2,1-4H3,(H,22,23). The first-order valence-corrected chi connectivity index (χ1v) is 8.46. The lowest BCUT2D eigenvalue weighted by atomic mass is 10.0. The van der Waals surface area contributed by atoms with E-state index >= 15 is 0 Å². The molecule has 0 atom stereocenters. The number of carbonyl (C=O) groups is 2. The Morgan fingerprint density at radius 1 is 1.28 bits per heavy atom. The first kappa shape index (κ1) is 17.3. The van der Waals surface area contributed by atoms with Crippen molar-refractivity contribution in [3.63, 3.8) is 0 Å². The third-order valence-electron chi connectivity index (χ3n) is 4.35. The predicted octanol–water partition coefficient (Wildman–Crippen LogP) is 3.33. The average Bonchev–Trinajstić information content (AvgIpc) is 2.78. The molecule has 1 N–H and O–H groups in total. The second-order valence-corrected chi connectivity index (χ2v) is 7.58. The summed E-state index contributed by atoms with van der Waals surface area (Å²) in [7, 11) is 0. The number of hydrogen-bond acceptors (Lipinski definition) is 3. The Labute approximate surface area is 147 Å². The number of ether oxygens (including phenoxy) is 1. The Morgan fingerprint density at radius 3 is 2.64 bits per heavy atom. The Bertz CT molecular complexity index is 845. The zero-order chi connectivity index (χ0) is 18.4. The van der Waals surface area contributed by atoms with E-state index < -0.39 is 11.6 Å². The molecule has 0 aliphatic carbocycles. The highest BCUT2D eigenvalue weighted by molar-refractivity contribution is 5.88. The maximum atomic E-state index is 12.4. The summed E-state index contributed by atoms with van der Waals surface area (Å²) in [6.45, 7) is 8.46. The number of carbonyl (C=O) groups excluding carboxylic acids is 1. The molecule has 1 aliphatic heterocycles. The van der Waals surface area contributed by atoms with Gasteiger partial charge >= 0.3 is 12.1 Å². The van der Waals surface area contributed by atoms with Crippen LogP contribution >= 0.6 is 0 Å². The van der Waals surface area contributed by atoms with Crippen LogP contribution in [0.5, 0.6) is 0 Å². The first-order chi connectivity index (χ1) is 11.7. The highest BCUT2D eigenvalue weighted by Crippen LogP contribution is 2.32. The molecule has 1 aliphatic rings. The zero-order valence-electron chi connectivity index (χ0n) is 15.1. The minimum atomic E-state index is -0.866. The summed E-state index contributed by atoms with van der Waals surface area (Å²) in [5.41, 5.74) is 3.51. The Balaban J connectivity index is 2.01. The van der Waals surface area contributed by atoms with E-state index in [1.165, 1.54) is 0 Å². The van der Waals surface area contributed by atoms with Gasteiger partial charge < -0.3 is 19.3 Å². The minimum absolute atomic E-state index is 0.0681. The van der Waals surface area contributed by atoms with Crippen molar-refractivity contribution in [3.05, 3.63) is 35.0 Å². The number of aromatic nitrogens is 1. The summed E-state index contributed by atoms with van der Waals surface area (Å²) in [6, 6.07) is 6.01. The van der Waals surface area contributed by atoms with Gasteiger partial charge in [0.2, 0.25) is 0 Å². The fourth-order valence-corrected chi connectivity index (χ4v) is 3.36. The number of benzene rings is 1. The molecule has 0 bridgehead atoms. The maximum Gasteiger partial charge on any atom is 0.410 e. The van der Waals surface area contributed by atoms with Gasteiger partial charge in [0.1, 0.15) is 12.1 Å². The van der Waals surface area contributed by atoms with Gasteiger partial charge in [-0.3, -0.25) is 4.79 Å². The SMILES string of the molecule is Cc1ccc2c(c1)c1c(n2CC(=O)O)CCN(C(=O)OC(C)(C)C)C1. The topological polar surface area (TPSA) is 71.8 Å². The van der Waals surface area contributed by atoms with Crippen LogP contribution in [-0.2, 0) is 29.0 Å². The molecule has 6 nitrogen and oxygen atoms in total. The molecule has 2 heterocycles. The highest BCUT2D eigenvalue weighted by Gasteiger charge is 2.29. The van der Waals surface area contributed by atoms with Gasteiger partial charge in [0, 0.05) is 35.1 Å². The number of fused-ring (bicyclic) bond motifs is 3. The second-order valence-electron chi connectivity index (χ2n) is 7.58. The summed E-state index contributed by atoms with van der Waals surface area (Å²) in [6.07, 6.45) is 0.292. The molecule has 134 valence electrons. The van der Waals surface area contributed by atoms with Gasteiger partial charge in [0.05, 0.1) is 6.54 Å². The average molecular weight is 344 g/mol. The lowest BCUT2D eigenvalue weighted by Crippen LogP contribution is -2.40. The predicted molar refractivity (Wildman–Crippen MR) is 94.7 cm³/mol. The van der Waals surface area contributed by atoms with Crippen molar-refractivity contribution in [2.24, 2.45) is 0 Å². The van der Waals surface area contributed by atoms with Crippen LogP contribution in [0.3, 0.4) is 0 Å². The summed E-state index contributed by atoms with van der Waals surface area (Å²) in [5.74, 6) is -0.866. The fourth-order valence-electron chi connectivity index (χ4n) is 3.36. The molecular formula is C19H24N2O4. The van der Waals surface area contributed by atoms with Gasteiger partial charge in [-0.25, -0.2) is 4.79 Å². The van der Waals surface area contributed by atoms with E-state index in [0.717, 1.165) is 27.7 Å². The van der Waals surface area contributed by atoms with E-state index in [1.807, 2.05) is 44.4 Å². The van der Waals surface area contributed by atoms with Crippen LogP contribution in [0.15, 0.2) is 18.2 Å². The number of nitrogens with zero attached hydrogens (tertiary/aromatic N) is 2. The van der Waals surface area contributed by atoms with Crippen LogP contribution < -0.4 is 0 Å². The van der Waals surface area contributed by atoms with E-state index in [2.05, 4.69) is 6.07 Å². The van der Waals surface area contributed by atoms with E-state index in [0.29, 0.717) is 19.5 Å². The van der Waals surface area contributed by atoms with Gasteiger partial charge in [-0.15, -0.1) is 0 Å². The molecule has 3 rings (SSSR count). The number of aryl methyl sites for hydroxylation is 1. The lowest BCUT2D eigenvalue weighted by molar-refractivity contribution is -0.137. The Hall–Kier alpha value is -2.50. The van der Waals surface area contributed by atoms with E-state index in [4.69, 9.17) is 4.74 Å². The number of carboxylic acid groups (broad SMARTS) is 1. The molecule has 2 aromatic rings. The number of rotatable bonds is 2. The maximum absolute atomic E-state index is 12.4. The summed E-state index contributed by atoms with van der Waals surface area (Å²) >= 11 is 0. The lowest BCUT2D eigenvalue weighted by Gasteiger charge is -2.30. The molecule has 6 heteroatoms. The van der Waals surface area contributed by atoms with Crippen LogP contribution in [0.25, 0.3) is 10.9 Å². The van der Waals surface area contributed by atoms with Crippen molar-refractivity contribution < 1.29 is 19.4 Å². The van der Waals surface area contributed by atoms with Gasteiger partial charge in [0.15, 0.2) is 0 Å². The smallest absolute Gasteiger partial charge is 0.410 e. The second kappa shape index (κ2) is 6.10. The molecule has 0 unspecified atom stereocenters. The number of amides is 1. The normalized spacial score (nSPS) is 14.5. The summed E-state index contributed by atoms with van der Waals surface area (Å²) in [5, 5.41) is 10.3. The monoisotopic (exact) mass is 344 g/mol. The number of hydrogen-bond donors (Lipinski definition) is 1. The molecule has 0 radical (unpaired) electrons. The third-order valence-corrected chi connectivity index (χ3v) is 4.35. The van der Waals surface area contributed by atoms with E-state index in [-0.39, 0.29) is 12.6 Å². The van der Waals surface area contributed by atoms with E-state index in [9.17, 15) is 14.7 Å². The minimum Gasteiger partial charge on any atom is -0.480 e. The quantitative estimate of drug-likeness (QED) is 0.907. The largest absolute Gasteiger partial charge is 0.480 e. The van der Waals surface area contributed by atoms with Crippen molar-refractivity contribution in [2.75, 3.05) is 6.54 Å². The van der Waals surface area contributed by atoms with Crippen molar-refractivity contribution in [2.45, 2.75) is 52.8 Å². The van der Waals surface area contributed by atoms with Gasteiger partial charge in [-0.2, -0.15) is 0 Å². The molecule has 0 spiro atoms. The van der Waals surface area contributed by atoms with Crippen molar-refractivity contribution in [1.29, 1.82) is 0 Å². The summed E-state index contributed by atoms with van der Waals surface area (Å²) in [4.78, 5) is 25.4. The molecule has 1 aromatic carbocycles. The number of aliphatic carboxylic acids is 1. The molecule has 0 fully saturated rings. The van der Waals surface area contributed by atoms with Crippen molar-refractivity contribution >= 4 is 23.0 Å². The third kappa shape index (κ3) is 3.48. The van der Waals surface area contributed by atoms with Crippen LogP contribution in [-0.4, -0.2) is 38.8 Å². The first-order valence-electron chi connectivity index (χ1n) is 8.46. The highest BCUT2D eigenvalue weighted by atomic mass is 16.6. The fraction of sp³-hybridized carbons (Fsp3) is 0.474. The van der Waals surface area contributed by atoms with E-state index in [1.54, 1.807) is 4.90 Å². The van der Waals surface area contributed by atoms with Crippen LogP contribution in [0.4, 0.5) is 4.79 Å². The summed E-state index contributed by atoms with van der Waals surface area (Å²) < 4.78 is 7.35. The van der Waals surface area contributed by atoms with Crippen molar-refractivity contribution in [3.8, 4) is 0 Å². The van der Waals surface area contributed by atoms with Gasteiger partial charge in [-0.05, 0) is 39.8 Å². The van der Waals surface area contributed by atoms with Gasteiger partial charge in [-0.1, -0.05) is 11.6 Å². The zero-order valence-corrected chi connectivity index (χ0v) is 15.1. The molecule has 0 saturated heterocycles. The van der Waals surface area contributed by atoms with Crippen LogP contribution in [0.1, 0.15) is 37.6 Å². The molecule has 0 saturated carbocycles. The molecule has 25 heavy (non-hydrogen) atoms. The molecule has 1 aromatic heterocycles. The van der Waals surface area contributed by atoms with Crippen LogP contribution in [0, 0.1) is 6.92 Å².